The van der Waals surface area contributed by atoms with E-state index in [1.165, 1.54) is 34.0 Å². The maximum atomic E-state index is 13.8. The number of thiazole rings is 1. The summed E-state index contributed by atoms with van der Waals surface area (Å²) in [5.74, 6) is -0.469. The molecule has 1 aliphatic rings. The second-order valence-electron chi connectivity index (χ2n) is 6.68. The monoisotopic (exact) mass is 464 g/mol. The van der Waals surface area contributed by atoms with E-state index in [9.17, 15) is 12.8 Å². The molecule has 4 rings (SSSR count). The standard InChI is InChI=1S/C20H18ClFN4O2S2/c21-17-7-4-8-18(22)16(17)12-23-25-20-24-19(13-29-20)14-5-3-6-15(11-14)30(27,28)26-9-1-2-10-26/h3-8,11-13H,1-2,9-10H2,(H,24,25)/b23-12-. The number of hydrazone groups is 1. The second kappa shape index (κ2) is 8.81. The Bertz CT molecular complexity index is 1170. The van der Waals surface area contributed by atoms with Crippen LogP contribution in [0.3, 0.4) is 0 Å². The lowest BCUT2D eigenvalue weighted by Gasteiger charge is -2.15. The third-order valence-electron chi connectivity index (χ3n) is 4.69. The molecule has 0 aliphatic carbocycles. The van der Waals surface area contributed by atoms with Gasteiger partial charge in [0.25, 0.3) is 0 Å². The van der Waals surface area contributed by atoms with Crippen molar-refractivity contribution in [1.29, 1.82) is 0 Å². The third-order valence-corrected chi connectivity index (χ3v) is 7.66. The van der Waals surface area contributed by atoms with Gasteiger partial charge in [-0.05, 0) is 37.1 Å². The molecule has 0 saturated carbocycles. The highest BCUT2D eigenvalue weighted by molar-refractivity contribution is 7.89. The van der Waals surface area contributed by atoms with Gasteiger partial charge in [0.15, 0.2) is 0 Å². The summed E-state index contributed by atoms with van der Waals surface area (Å²) in [7, 11) is -3.49. The lowest BCUT2D eigenvalue weighted by Crippen LogP contribution is -2.27. The maximum absolute atomic E-state index is 13.8. The van der Waals surface area contributed by atoms with E-state index < -0.39 is 15.8 Å². The fourth-order valence-electron chi connectivity index (χ4n) is 3.14. The van der Waals surface area contributed by atoms with E-state index in [0.717, 1.165) is 12.8 Å². The van der Waals surface area contributed by atoms with Crippen molar-refractivity contribution in [3.8, 4) is 11.3 Å². The smallest absolute Gasteiger partial charge is 0.243 e. The van der Waals surface area contributed by atoms with Crippen molar-refractivity contribution >= 4 is 44.3 Å². The minimum atomic E-state index is -3.49. The van der Waals surface area contributed by atoms with Crippen molar-refractivity contribution in [2.75, 3.05) is 18.5 Å². The van der Waals surface area contributed by atoms with Gasteiger partial charge in [0.1, 0.15) is 5.82 Å². The highest BCUT2D eigenvalue weighted by atomic mass is 35.5. The van der Waals surface area contributed by atoms with Crippen LogP contribution in [0.25, 0.3) is 11.3 Å². The van der Waals surface area contributed by atoms with Gasteiger partial charge in [-0.25, -0.2) is 17.8 Å². The molecule has 6 nitrogen and oxygen atoms in total. The molecule has 1 aromatic heterocycles. The molecule has 2 aromatic carbocycles. The molecule has 2 heterocycles. The lowest BCUT2D eigenvalue weighted by molar-refractivity contribution is 0.477. The van der Waals surface area contributed by atoms with Gasteiger partial charge in [-0.1, -0.05) is 29.8 Å². The predicted octanol–water partition coefficient (Wildman–Crippen LogP) is 4.83. The number of aromatic nitrogens is 1. The van der Waals surface area contributed by atoms with Gasteiger partial charge in [0.05, 0.1) is 21.8 Å². The Morgan fingerprint density at radius 3 is 2.73 bits per heavy atom. The molecule has 1 N–H and O–H groups in total. The Morgan fingerprint density at radius 1 is 1.20 bits per heavy atom. The van der Waals surface area contributed by atoms with Gasteiger partial charge in [0, 0.05) is 29.6 Å². The van der Waals surface area contributed by atoms with Crippen LogP contribution in [-0.4, -0.2) is 37.0 Å². The third kappa shape index (κ3) is 4.39. The summed E-state index contributed by atoms with van der Waals surface area (Å²) in [6.07, 6.45) is 3.07. The topological polar surface area (TPSA) is 74.7 Å². The molecule has 1 aliphatic heterocycles. The average molecular weight is 465 g/mol. The first-order chi connectivity index (χ1) is 14.4. The maximum Gasteiger partial charge on any atom is 0.243 e. The van der Waals surface area contributed by atoms with E-state index in [1.807, 2.05) is 6.07 Å². The lowest BCUT2D eigenvalue weighted by atomic mass is 10.2. The average Bonchev–Trinajstić information content (AvgIpc) is 3.43. The van der Waals surface area contributed by atoms with Crippen molar-refractivity contribution in [1.82, 2.24) is 9.29 Å². The van der Waals surface area contributed by atoms with Crippen LogP contribution in [0.15, 0.2) is 57.8 Å². The van der Waals surface area contributed by atoms with Crippen LogP contribution in [0.4, 0.5) is 9.52 Å². The van der Waals surface area contributed by atoms with Crippen LogP contribution in [-0.2, 0) is 10.0 Å². The molecule has 0 amide bonds. The molecule has 0 spiro atoms. The number of hydrogen-bond acceptors (Lipinski definition) is 6. The molecule has 0 radical (unpaired) electrons. The molecule has 3 aromatic rings. The summed E-state index contributed by atoms with van der Waals surface area (Å²) >= 11 is 7.27. The molecular formula is C20H18ClFN4O2S2. The van der Waals surface area contributed by atoms with E-state index >= 15 is 0 Å². The van der Waals surface area contributed by atoms with Gasteiger partial charge in [0.2, 0.25) is 15.2 Å². The molecule has 156 valence electrons. The SMILES string of the molecule is O=S(=O)(c1cccc(-c2csc(N/N=C\c3c(F)cccc3Cl)n2)c1)N1CCCC1. The molecule has 10 heteroatoms. The zero-order valence-corrected chi connectivity index (χ0v) is 18.1. The molecule has 30 heavy (non-hydrogen) atoms. The van der Waals surface area contributed by atoms with Crippen LogP contribution in [0.2, 0.25) is 5.02 Å². The van der Waals surface area contributed by atoms with Gasteiger partial charge in [-0.15, -0.1) is 11.3 Å². The summed E-state index contributed by atoms with van der Waals surface area (Å²) in [4.78, 5) is 4.70. The molecule has 0 bridgehead atoms. The first kappa shape index (κ1) is 20.9. The van der Waals surface area contributed by atoms with E-state index in [2.05, 4.69) is 15.5 Å². The normalized spacial score (nSPS) is 15.1. The molecule has 0 unspecified atom stereocenters. The first-order valence-corrected chi connectivity index (χ1v) is 11.9. The number of halogens is 2. The van der Waals surface area contributed by atoms with Gasteiger partial charge < -0.3 is 0 Å². The van der Waals surface area contributed by atoms with Crippen molar-refractivity contribution in [3.63, 3.8) is 0 Å². The Morgan fingerprint density at radius 2 is 1.97 bits per heavy atom. The van der Waals surface area contributed by atoms with Gasteiger partial charge in [-0.2, -0.15) is 9.41 Å². The summed E-state index contributed by atoms with van der Waals surface area (Å²) in [6, 6.07) is 11.2. The largest absolute Gasteiger partial charge is 0.253 e. The summed E-state index contributed by atoms with van der Waals surface area (Å²) in [6.45, 7) is 1.11. The van der Waals surface area contributed by atoms with Crippen LogP contribution in [0.1, 0.15) is 18.4 Å². The minimum Gasteiger partial charge on any atom is -0.253 e. The number of nitrogens with zero attached hydrogens (tertiary/aromatic N) is 3. The highest BCUT2D eigenvalue weighted by Gasteiger charge is 2.27. The second-order valence-corrected chi connectivity index (χ2v) is 9.89. The number of rotatable bonds is 6. The van der Waals surface area contributed by atoms with Crippen molar-refractivity contribution in [2.45, 2.75) is 17.7 Å². The summed E-state index contributed by atoms with van der Waals surface area (Å²) < 4.78 is 40.9. The van der Waals surface area contributed by atoms with E-state index in [1.54, 1.807) is 29.6 Å². The van der Waals surface area contributed by atoms with Gasteiger partial charge >= 0.3 is 0 Å². The molecule has 0 atom stereocenters. The predicted molar refractivity (Wildman–Crippen MR) is 118 cm³/mol. The fraction of sp³-hybridized carbons (Fsp3) is 0.200. The zero-order chi connectivity index (χ0) is 21.1. The summed E-state index contributed by atoms with van der Waals surface area (Å²) in [5.41, 5.74) is 4.26. The van der Waals surface area contributed by atoms with Crippen molar-refractivity contribution in [2.24, 2.45) is 5.10 Å². The number of sulfonamides is 1. The van der Waals surface area contributed by atoms with E-state index in [4.69, 9.17) is 11.6 Å². The minimum absolute atomic E-state index is 0.184. The summed E-state index contributed by atoms with van der Waals surface area (Å²) in [5, 5.41) is 6.54. The Balaban J connectivity index is 1.51. The Kier molecular flexibility index (Phi) is 6.14. The molecule has 1 saturated heterocycles. The van der Waals surface area contributed by atoms with Crippen molar-refractivity contribution < 1.29 is 12.8 Å². The zero-order valence-electron chi connectivity index (χ0n) is 15.8. The number of anilines is 1. The fourth-order valence-corrected chi connectivity index (χ4v) is 5.58. The van der Waals surface area contributed by atoms with Crippen LogP contribution < -0.4 is 5.43 Å². The molecular weight excluding hydrogens is 447 g/mol. The Labute approximate surface area is 183 Å². The Hall–Kier alpha value is -2.33. The first-order valence-electron chi connectivity index (χ1n) is 9.24. The van der Waals surface area contributed by atoms with Gasteiger partial charge in [-0.3, -0.25) is 5.43 Å². The van der Waals surface area contributed by atoms with Crippen LogP contribution >= 0.6 is 22.9 Å². The number of hydrogen-bond donors (Lipinski definition) is 1. The van der Waals surface area contributed by atoms with Crippen molar-refractivity contribution in [3.05, 3.63) is 64.2 Å². The molecule has 1 fully saturated rings. The quantitative estimate of drug-likeness (QED) is 0.418. The highest BCUT2D eigenvalue weighted by Crippen LogP contribution is 2.28. The van der Waals surface area contributed by atoms with E-state index in [0.29, 0.717) is 29.5 Å². The van der Waals surface area contributed by atoms with Crippen LogP contribution in [0, 0.1) is 5.82 Å². The van der Waals surface area contributed by atoms with Crippen LogP contribution in [0.5, 0.6) is 0 Å². The number of nitrogens with one attached hydrogen (secondary N) is 1. The van der Waals surface area contributed by atoms with E-state index in [-0.39, 0.29) is 15.5 Å². The number of benzene rings is 2.